The topological polar surface area (TPSA) is 30.7 Å². The lowest BCUT2D eigenvalue weighted by Crippen LogP contribution is -2.43. The molecule has 3 nitrogen and oxygen atoms in total. The third-order valence-electron chi connectivity index (χ3n) is 4.96. The lowest BCUT2D eigenvalue weighted by molar-refractivity contribution is 0.838. The second-order valence-electron chi connectivity index (χ2n) is 7.15. The van der Waals surface area contributed by atoms with Crippen molar-refractivity contribution in [2.75, 3.05) is 0 Å². The summed E-state index contributed by atoms with van der Waals surface area (Å²) in [5.41, 5.74) is 7.08. The van der Waals surface area contributed by atoms with Crippen molar-refractivity contribution in [2.24, 2.45) is 7.05 Å². The summed E-state index contributed by atoms with van der Waals surface area (Å²) in [6.07, 6.45) is 1.97. The van der Waals surface area contributed by atoms with Gasteiger partial charge in [0, 0.05) is 13.2 Å². The molecule has 0 aliphatic carbocycles. The molecule has 0 saturated heterocycles. The molecule has 2 aromatic rings. The van der Waals surface area contributed by atoms with Crippen molar-refractivity contribution in [2.45, 2.75) is 58.2 Å². The molecule has 0 aliphatic heterocycles. The smallest absolute Gasteiger partial charge is 0.225 e. The van der Waals surface area contributed by atoms with Crippen LogP contribution in [0.2, 0.25) is 21.9 Å². The number of hydrogen-bond acceptors (Lipinski definition) is 2. The summed E-state index contributed by atoms with van der Waals surface area (Å²) in [5, 5.41) is 1.23. The van der Waals surface area contributed by atoms with Crippen molar-refractivity contribution in [1.29, 1.82) is 0 Å². The maximum Gasteiger partial charge on any atom is 0.225 e. The van der Waals surface area contributed by atoms with E-state index in [9.17, 15) is 0 Å². The zero-order valence-electron chi connectivity index (χ0n) is 15.1. The highest BCUT2D eigenvalue weighted by molar-refractivity contribution is 6.90. The van der Waals surface area contributed by atoms with Gasteiger partial charge < -0.3 is 4.57 Å². The maximum absolute atomic E-state index is 6.10. The number of halogens is 1. The van der Waals surface area contributed by atoms with E-state index in [0.717, 1.165) is 16.7 Å². The molecule has 2 rings (SSSR count). The Balaban J connectivity index is 2.64. The molecular weight excluding hydrogens is 322 g/mol. The molecule has 0 radical (unpaired) electrons. The van der Waals surface area contributed by atoms with Crippen LogP contribution in [-0.2, 0) is 7.05 Å². The zero-order chi connectivity index (χ0) is 17.4. The lowest BCUT2D eigenvalue weighted by Gasteiger charge is -2.38. The molecule has 23 heavy (non-hydrogen) atoms. The van der Waals surface area contributed by atoms with Gasteiger partial charge in [0.05, 0.1) is 5.39 Å². The Morgan fingerprint density at radius 1 is 1.04 bits per heavy atom. The molecule has 0 aromatic carbocycles. The van der Waals surface area contributed by atoms with Gasteiger partial charge in [0.15, 0.2) is 0 Å². The Kier molecular flexibility index (Phi) is 5.22. The first kappa shape index (κ1) is 18.0. The van der Waals surface area contributed by atoms with Gasteiger partial charge in [-0.15, -0.1) is 5.54 Å². The summed E-state index contributed by atoms with van der Waals surface area (Å²) in [6, 6.07) is 2.01. The summed E-state index contributed by atoms with van der Waals surface area (Å²) in [5.74, 6) is 3.39. The molecule has 0 amide bonds. The van der Waals surface area contributed by atoms with Gasteiger partial charge in [-0.25, -0.2) is 4.98 Å². The van der Waals surface area contributed by atoms with Crippen LogP contribution in [0.1, 0.15) is 47.2 Å². The van der Waals surface area contributed by atoms with E-state index in [1.165, 1.54) is 0 Å². The summed E-state index contributed by atoms with van der Waals surface area (Å²) in [7, 11) is 0.177. The van der Waals surface area contributed by atoms with Gasteiger partial charge in [0.1, 0.15) is 19.4 Å². The molecular formula is C18H26ClN3Si. The molecule has 0 unspecified atom stereocenters. The van der Waals surface area contributed by atoms with Crippen LogP contribution in [-0.4, -0.2) is 22.6 Å². The number of aromatic nitrogens is 3. The summed E-state index contributed by atoms with van der Waals surface area (Å²) in [6.45, 7) is 13.9. The van der Waals surface area contributed by atoms with Crippen molar-refractivity contribution in [1.82, 2.24) is 14.5 Å². The Morgan fingerprint density at radius 2 is 1.61 bits per heavy atom. The van der Waals surface area contributed by atoms with E-state index in [1.54, 1.807) is 0 Å². The molecule has 0 atom stereocenters. The van der Waals surface area contributed by atoms with Crippen molar-refractivity contribution >= 4 is 30.7 Å². The minimum Gasteiger partial charge on any atom is -0.335 e. The highest BCUT2D eigenvalue weighted by Gasteiger charge is 2.41. The van der Waals surface area contributed by atoms with E-state index in [-0.39, 0.29) is 5.28 Å². The quantitative estimate of drug-likeness (QED) is 0.434. The average Bonchev–Trinajstić information content (AvgIpc) is 2.79. The van der Waals surface area contributed by atoms with Crippen LogP contribution in [0.3, 0.4) is 0 Å². The van der Waals surface area contributed by atoms with Crippen LogP contribution in [0.4, 0.5) is 0 Å². The van der Waals surface area contributed by atoms with E-state index in [4.69, 9.17) is 11.6 Å². The van der Waals surface area contributed by atoms with Gasteiger partial charge in [-0.05, 0) is 34.3 Å². The highest BCUT2D eigenvalue weighted by atomic mass is 35.5. The molecule has 0 fully saturated rings. The van der Waals surface area contributed by atoms with Crippen LogP contribution in [0, 0.1) is 11.5 Å². The molecule has 0 spiro atoms. The second-order valence-corrected chi connectivity index (χ2v) is 13.1. The van der Waals surface area contributed by atoms with Gasteiger partial charge in [0.25, 0.3) is 0 Å². The lowest BCUT2D eigenvalue weighted by atomic mass is 10.3. The number of rotatable bonds is 3. The Morgan fingerprint density at radius 3 is 2.13 bits per heavy atom. The third-order valence-corrected chi connectivity index (χ3v) is 11.4. The van der Waals surface area contributed by atoms with Crippen LogP contribution >= 0.6 is 11.6 Å². The summed E-state index contributed by atoms with van der Waals surface area (Å²) >= 11 is 6.10. The minimum absolute atomic E-state index is 0.259. The molecule has 2 aromatic heterocycles. The first-order valence-electron chi connectivity index (χ1n) is 8.21. The predicted molar refractivity (Wildman–Crippen MR) is 101 cm³/mol. The van der Waals surface area contributed by atoms with Crippen molar-refractivity contribution in [3.63, 3.8) is 0 Å². The fraction of sp³-hybridized carbons (Fsp3) is 0.556. The molecule has 0 aliphatic rings. The number of aryl methyl sites for hydroxylation is 1. The number of hydrogen-bond donors (Lipinski definition) is 0. The largest absolute Gasteiger partial charge is 0.335 e. The van der Waals surface area contributed by atoms with Gasteiger partial charge >= 0.3 is 0 Å². The number of nitrogens with zero attached hydrogens (tertiary/aromatic N) is 3. The standard InChI is InChI=1S/C18H26ClN3Si/c1-12(2)23(13(3)4,14(5)6)11-9-16-15-8-10-22(7)17(15)21-18(19)20-16/h8,10,12-14H,1-7H3. The van der Waals surface area contributed by atoms with E-state index < -0.39 is 8.07 Å². The molecule has 2 heterocycles. The monoisotopic (exact) mass is 347 g/mol. The normalized spacial score (nSPS) is 12.3. The molecule has 0 N–H and O–H groups in total. The Labute approximate surface area is 145 Å². The van der Waals surface area contributed by atoms with Crippen LogP contribution < -0.4 is 0 Å². The van der Waals surface area contributed by atoms with Gasteiger partial charge in [-0.3, -0.25) is 0 Å². The van der Waals surface area contributed by atoms with Gasteiger partial charge in [-0.2, -0.15) is 4.98 Å². The fourth-order valence-corrected chi connectivity index (χ4v) is 9.17. The molecule has 0 saturated carbocycles. The Hall–Kier alpha value is -1.31. The first-order valence-corrected chi connectivity index (χ1v) is 10.8. The van der Waals surface area contributed by atoms with Crippen LogP contribution in [0.15, 0.2) is 12.3 Å². The maximum atomic E-state index is 6.10. The van der Waals surface area contributed by atoms with Crippen molar-refractivity contribution < 1.29 is 0 Å². The van der Waals surface area contributed by atoms with E-state index >= 15 is 0 Å². The highest BCUT2D eigenvalue weighted by Crippen LogP contribution is 2.40. The minimum atomic E-state index is -1.78. The van der Waals surface area contributed by atoms with E-state index in [0.29, 0.717) is 16.6 Å². The summed E-state index contributed by atoms with van der Waals surface area (Å²) < 4.78 is 1.95. The van der Waals surface area contributed by atoms with Crippen LogP contribution in [0.25, 0.3) is 11.0 Å². The second kappa shape index (κ2) is 6.66. The number of fused-ring (bicyclic) bond motifs is 1. The molecule has 0 bridgehead atoms. The van der Waals surface area contributed by atoms with Crippen molar-refractivity contribution in [3.05, 3.63) is 23.2 Å². The van der Waals surface area contributed by atoms with Crippen LogP contribution in [0.5, 0.6) is 0 Å². The van der Waals surface area contributed by atoms with Crippen molar-refractivity contribution in [3.8, 4) is 11.5 Å². The average molecular weight is 348 g/mol. The van der Waals surface area contributed by atoms with E-state index in [1.807, 2.05) is 23.9 Å². The third kappa shape index (κ3) is 3.18. The fourth-order valence-electron chi connectivity index (χ4n) is 3.81. The summed E-state index contributed by atoms with van der Waals surface area (Å²) in [4.78, 5) is 8.69. The Bertz CT molecular complexity index is 744. The zero-order valence-corrected chi connectivity index (χ0v) is 16.9. The van der Waals surface area contributed by atoms with Gasteiger partial charge in [-0.1, -0.05) is 47.5 Å². The molecule has 5 heteroatoms. The van der Waals surface area contributed by atoms with Gasteiger partial charge in [0.2, 0.25) is 5.28 Å². The first-order chi connectivity index (χ1) is 10.7. The predicted octanol–water partition coefficient (Wildman–Crippen LogP) is 5.19. The molecule has 124 valence electrons. The van der Waals surface area contributed by atoms with E-state index in [2.05, 4.69) is 63.0 Å². The SMILES string of the molecule is CC(C)[Si](C#Cc1nc(Cl)nc2c1ccn2C)(C(C)C)C(C)C.